The molecule has 0 unspecified atom stereocenters. The fourth-order valence-electron chi connectivity index (χ4n) is 3.11. The number of aryl methyl sites for hydroxylation is 2. The van der Waals surface area contributed by atoms with Crippen LogP contribution in [-0.2, 0) is 11.2 Å². The molecule has 3 rings (SSSR count). The Hall–Kier alpha value is -2.24. The van der Waals surface area contributed by atoms with Crippen molar-refractivity contribution >= 4 is 5.91 Å². The number of hydrogen-bond acceptors (Lipinski definition) is 5. The van der Waals surface area contributed by atoms with Gasteiger partial charge < -0.3 is 9.42 Å². The standard InChI is InChI=1S/C16H20N4O2/c1-11-13(12(2)22-19-11)5-6-16(21)20-9-3-4-15(20)14-7-8-17-10-18-14/h7-8,10,15H,3-6,9H2,1-2H3/t15-/m0/s1. The lowest BCUT2D eigenvalue weighted by molar-refractivity contribution is -0.132. The van der Waals surface area contributed by atoms with Gasteiger partial charge in [0.2, 0.25) is 5.91 Å². The number of hydrogen-bond donors (Lipinski definition) is 0. The molecule has 1 fully saturated rings. The van der Waals surface area contributed by atoms with Crippen molar-refractivity contribution in [3.05, 3.63) is 41.3 Å². The maximum atomic E-state index is 12.6. The maximum Gasteiger partial charge on any atom is 0.223 e. The van der Waals surface area contributed by atoms with E-state index in [0.717, 1.165) is 42.1 Å². The molecular formula is C16H20N4O2. The summed E-state index contributed by atoms with van der Waals surface area (Å²) in [6.45, 7) is 4.60. The topological polar surface area (TPSA) is 72.1 Å². The molecule has 0 spiro atoms. The number of carbonyl (C=O) groups is 1. The first-order chi connectivity index (χ1) is 10.7. The van der Waals surface area contributed by atoms with E-state index in [1.165, 1.54) is 0 Å². The lowest BCUT2D eigenvalue weighted by Crippen LogP contribution is -2.31. The second kappa shape index (κ2) is 6.25. The van der Waals surface area contributed by atoms with Gasteiger partial charge in [-0.3, -0.25) is 4.79 Å². The Labute approximate surface area is 129 Å². The summed E-state index contributed by atoms with van der Waals surface area (Å²) in [6, 6.07) is 1.98. The Kier molecular flexibility index (Phi) is 4.18. The van der Waals surface area contributed by atoms with E-state index in [1.807, 2.05) is 24.8 Å². The molecule has 1 atom stereocenters. The van der Waals surface area contributed by atoms with E-state index < -0.39 is 0 Å². The van der Waals surface area contributed by atoms with Gasteiger partial charge in [-0.05, 0) is 39.2 Å². The van der Waals surface area contributed by atoms with Gasteiger partial charge in [0.15, 0.2) is 0 Å². The molecule has 2 aromatic rings. The Morgan fingerprint density at radius 1 is 1.45 bits per heavy atom. The zero-order chi connectivity index (χ0) is 15.5. The molecule has 6 nitrogen and oxygen atoms in total. The highest BCUT2D eigenvalue weighted by molar-refractivity contribution is 5.77. The molecule has 1 aliphatic rings. The third-order valence-electron chi connectivity index (χ3n) is 4.29. The predicted molar refractivity (Wildman–Crippen MR) is 80.0 cm³/mol. The predicted octanol–water partition coefficient (Wildman–Crippen LogP) is 2.38. The normalized spacial score (nSPS) is 17.9. The second-order valence-electron chi connectivity index (χ2n) is 5.68. The highest BCUT2D eigenvalue weighted by Crippen LogP contribution is 2.31. The number of carbonyl (C=O) groups excluding carboxylic acids is 1. The summed E-state index contributed by atoms with van der Waals surface area (Å²) in [6.07, 6.45) is 6.41. The molecule has 6 heteroatoms. The molecule has 0 aliphatic carbocycles. The van der Waals surface area contributed by atoms with E-state index in [9.17, 15) is 4.79 Å². The first-order valence-electron chi connectivity index (χ1n) is 7.64. The molecule has 0 N–H and O–H groups in total. The average molecular weight is 300 g/mol. The molecule has 0 radical (unpaired) electrons. The van der Waals surface area contributed by atoms with E-state index in [0.29, 0.717) is 12.8 Å². The molecule has 2 aromatic heterocycles. The van der Waals surface area contributed by atoms with Crippen LogP contribution in [0.5, 0.6) is 0 Å². The van der Waals surface area contributed by atoms with E-state index in [1.54, 1.807) is 12.5 Å². The summed E-state index contributed by atoms with van der Waals surface area (Å²) in [4.78, 5) is 22.8. The van der Waals surface area contributed by atoms with E-state index in [-0.39, 0.29) is 11.9 Å². The highest BCUT2D eigenvalue weighted by Gasteiger charge is 2.30. The summed E-state index contributed by atoms with van der Waals surface area (Å²) in [7, 11) is 0. The van der Waals surface area contributed by atoms with Gasteiger partial charge in [0, 0.05) is 24.7 Å². The molecular weight excluding hydrogens is 280 g/mol. The number of likely N-dealkylation sites (tertiary alicyclic amines) is 1. The van der Waals surface area contributed by atoms with Crippen LogP contribution in [0.15, 0.2) is 23.1 Å². The molecule has 1 saturated heterocycles. The van der Waals surface area contributed by atoms with Gasteiger partial charge in [-0.1, -0.05) is 5.16 Å². The van der Waals surface area contributed by atoms with Crippen molar-refractivity contribution in [3.8, 4) is 0 Å². The monoisotopic (exact) mass is 300 g/mol. The van der Waals surface area contributed by atoms with Crippen molar-refractivity contribution in [1.82, 2.24) is 20.0 Å². The van der Waals surface area contributed by atoms with Crippen molar-refractivity contribution in [3.63, 3.8) is 0 Å². The SMILES string of the molecule is Cc1noc(C)c1CCC(=O)N1CCC[C@H]1c1ccncn1. The number of nitrogens with zero attached hydrogens (tertiary/aromatic N) is 4. The summed E-state index contributed by atoms with van der Waals surface area (Å²) in [5.41, 5.74) is 2.85. The van der Waals surface area contributed by atoms with Crippen molar-refractivity contribution in [2.24, 2.45) is 0 Å². The smallest absolute Gasteiger partial charge is 0.223 e. The molecule has 0 bridgehead atoms. The van der Waals surface area contributed by atoms with Gasteiger partial charge in [0.25, 0.3) is 0 Å². The highest BCUT2D eigenvalue weighted by atomic mass is 16.5. The summed E-state index contributed by atoms with van der Waals surface area (Å²) in [5, 5.41) is 3.94. The molecule has 0 aromatic carbocycles. The third kappa shape index (κ3) is 2.86. The third-order valence-corrected chi connectivity index (χ3v) is 4.29. The van der Waals surface area contributed by atoms with Crippen LogP contribution < -0.4 is 0 Å². The lowest BCUT2D eigenvalue weighted by Gasteiger charge is -2.24. The Morgan fingerprint density at radius 2 is 2.32 bits per heavy atom. The van der Waals surface area contributed by atoms with Crippen molar-refractivity contribution < 1.29 is 9.32 Å². The molecule has 1 aliphatic heterocycles. The first-order valence-corrected chi connectivity index (χ1v) is 7.64. The Balaban J connectivity index is 1.67. The molecule has 1 amide bonds. The minimum atomic E-state index is 0.0835. The van der Waals surface area contributed by atoms with Crippen molar-refractivity contribution in [1.29, 1.82) is 0 Å². The minimum Gasteiger partial charge on any atom is -0.361 e. The molecule has 22 heavy (non-hydrogen) atoms. The van der Waals surface area contributed by atoms with Crippen LogP contribution in [0.2, 0.25) is 0 Å². The largest absolute Gasteiger partial charge is 0.361 e. The maximum absolute atomic E-state index is 12.6. The Bertz CT molecular complexity index is 634. The van der Waals surface area contributed by atoms with E-state index >= 15 is 0 Å². The van der Waals surface area contributed by atoms with Crippen LogP contribution in [0.25, 0.3) is 0 Å². The van der Waals surface area contributed by atoms with Crippen LogP contribution in [-0.4, -0.2) is 32.5 Å². The number of aromatic nitrogens is 3. The minimum absolute atomic E-state index is 0.0835. The van der Waals surface area contributed by atoms with Crippen LogP contribution in [0.1, 0.15) is 48.0 Å². The van der Waals surface area contributed by atoms with Gasteiger partial charge in [0.1, 0.15) is 12.1 Å². The molecule has 116 valence electrons. The number of rotatable bonds is 4. The van der Waals surface area contributed by atoms with Crippen LogP contribution >= 0.6 is 0 Å². The zero-order valence-corrected chi connectivity index (χ0v) is 13.0. The van der Waals surface area contributed by atoms with Gasteiger partial charge in [0.05, 0.1) is 17.4 Å². The van der Waals surface area contributed by atoms with Gasteiger partial charge >= 0.3 is 0 Å². The lowest BCUT2D eigenvalue weighted by atomic mass is 10.1. The van der Waals surface area contributed by atoms with E-state index in [4.69, 9.17) is 4.52 Å². The van der Waals surface area contributed by atoms with Gasteiger partial charge in [-0.25, -0.2) is 9.97 Å². The van der Waals surface area contributed by atoms with Crippen molar-refractivity contribution in [2.45, 2.75) is 45.6 Å². The number of amides is 1. The van der Waals surface area contributed by atoms with Gasteiger partial charge in [-0.2, -0.15) is 0 Å². The average Bonchev–Trinajstić information content (AvgIpc) is 3.14. The summed E-state index contributed by atoms with van der Waals surface area (Å²) < 4.78 is 5.15. The fourth-order valence-corrected chi connectivity index (χ4v) is 3.11. The summed E-state index contributed by atoms with van der Waals surface area (Å²) >= 11 is 0. The fraction of sp³-hybridized carbons (Fsp3) is 0.500. The first kappa shape index (κ1) is 14.7. The van der Waals surface area contributed by atoms with Crippen LogP contribution in [0, 0.1) is 13.8 Å². The van der Waals surface area contributed by atoms with Crippen LogP contribution in [0.3, 0.4) is 0 Å². The molecule has 3 heterocycles. The van der Waals surface area contributed by atoms with Gasteiger partial charge in [-0.15, -0.1) is 0 Å². The van der Waals surface area contributed by atoms with Crippen LogP contribution in [0.4, 0.5) is 0 Å². The zero-order valence-electron chi connectivity index (χ0n) is 13.0. The van der Waals surface area contributed by atoms with E-state index in [2.05, 4.69) is 15.1 Å². The Morgan fingerprint density at radius 3 is 3.00 bits per heavy atom. The second-order valence-corrected chi connectivity index (χ2v) is 5.68. The summed E-state index contributed by atoms with van der Waals surface area (Å²) in [5.74, 6) is 0.972. The quantitative estimate of drug-likeness (QED) is 0.867. The van der Waals surface area contributed by atoms with Crippen molar-refractivity contribution in [2.75, 3.05) is 6.54 Å². The molecule has 0 saturated carbocycles.